The number of benzene rings is 1. The molecule has 0 radical (unpaired) electrons. The van der Waals surface area contributed by atoms with Gasteiger partial charge in [0, 0.05) is 7.05 Å². The van der Waals surface area contributed by atoms with E-state index in [1.807, 2.05) is 41.9 Å². The number of para-hydroxylation sites is 1. The molecular weight excluding hydrogens is 328 g/mol. The second-order valence-corrected chi connectivity index (χ2v) is 6.88. The number of rotatable bonds is 5. The zero-order valence-corrected chi connectivity index (χ0v) is 15.0. The number of hydrogen-bond acceptors (Lipinski definition) is 6. The summed E-state index contributed by atoms with van der Waals surface area (Å²) in [6, 6.07) is 9.64. The maximum Gasteiger partial charge on any atom is 0.250 e. The summed E-state index contributed by atoms with van der Waals surface area (Å²) in [5.74, 6) is 7.74. The highest BCUT2D eigenvalue weighted by Crippen LogP contribution is 2.28. The largest absolute Gasteiger partial charge is 0.476 e. The molecule has 1 aliphatic carbocycles. The van der Waals surface area contributed by atoms with Crippen molar-refractivity contribution in [1.29, 1.82) is 0 Å². The standard InChI is InChI=1S/C19H24N6O/c1-24-13-21-16-17(24)22-19(25(20)15-10-6-3-7-11-15)23-18(16)26-12-14-8-4-2-5-9-14/h3,6-7,10-11,13-14H,2,4-5,8-9,12,20H2,1H3. The zero-order chi connectivity index (χ0) is 17.9. The van der Waals surface area contributed by atoms with E-state index in [-0.39, 0.29) is 0 Å². The summed E-state index contributed by atoms with van der Waals surface area (Å²) in [4.78, 5) is 13.6. The number of nitrogens with zero attached hydrogens (tertiary/aromatic N) is 5. The number of anilines is 2. The summed E-state index contributed by atoms with van der Waals surface area (Å²) >= 11 is 0. The molecule has 0 saturated heterocycles. The van der Waals surface area contributed by atoms with E-state index in [0.717, 1.165) is 5.69 Å². The predicted molar refractivity (Wildman–Crippen MR) is 101 cm³/mol. The van der Waals surface area contributed by atoms with Crippen LogP contribution >= 0.6 is 0 Å². The minimum Gasteiger partial charge on any atom is -0.476 e. The van der Waals surface area contributed by atoms with Crippen LogP contribution in [0.3, 0.4) is 0 Å². The Balaban J connectivity index is 1.65. The summed E-state index contributed by atoms with van der Waals surface area (Å²) in [5, 5.41) is 1.47. The van der Waals surface area contributed by atoms with E-state index in [4.69, 9.17) is 10.6 Å². The molecule has 136 valence electrons. The molecule has 7 nitrogen and oxygen atoms in total. The molecule has 0 bridgehead atoms. The number of imidazole rings is 1. The highest BCUT2D eigenvalue weighted by atomic mass is 16.5. The molecule has 0 amide bonds. The van der Waals surface area contributed by atoms with Gasteiger partial charge in [0.2, 0.25) is 11.8 Å². The Morgan fingerprint density at radius 3 is 2.69 bits per heavy atom. The van der Waals surface area contributed by atoms with Crippen LogP contribution in [-0.2, 0) is 7.05 Å². The van der Waals surface area contributed by atoms with E-state index >= 15 is 0 Å². The minimum atomic E-state index is 0.394. The Morgan fingerprint density at radius 2 is 1.92 bits per heavy atom. The van der Waals surface area contributed by atoms with Gasteiger partial charge in [-0.2, -0.15) is 9.97 Å². The molecule has 0 aliphatic heterocycles. The molecule has 26 heavy (non-hydrogen) atoms. The van der Waals surface area contributed by atoms with Crippen LogP contribution in [0.4, 0.5) is 11.6 Å². The molecule has 0 unspecified atom stereocenters. The minimum absolute atomic E-state index is 0.394. The van der Waals surface area contributed by atoms with Crippen molar-refractivity contribution in [3.63, 3.8) is 0 Å². The maximum absolute atomic E-state index is 6.26. The van der Waals surface area contributed by atoms with Crippen LogP contribution < -0.4 is 15.6 Å². The molecule has 0 spiro atoms. The lowest BCUT2D eigenvalue weighted by Crippen LogP contribution is -2.27. The van der Waals surface area contributed by atoms with Gasteiger partial charge in [-0.15, -0.1) is 0 Å². The predicted octanol–water partition coefficient (Wildman–Crippen LogP) is 3.33. The molecule has 1 aromatic carbocycles. The lowest BCUT2D eigenvalue weighted by Gasteiger charge is -2.22. The van der Waals surface area contributed by atoms with Crippen molar-refractivity contribution in [2.75, 3.05) is 11.6 Å². The number of ether oxygens (including phenoxy) is 1. The van der Waals surface area contributed by atoms with Gasteiger partial charge in [-0.1, -0.05) is 37.5 Å². The fraction of sp³-hybridized carbons (Fsp3) is 0.421. The van der Waals surface area contributed by atoms with Crippen molar-refractivity contribution in [2.45, 2.75) is 32.1 Å². The van der Waals surface area contributed by atoms with Gasteiger partial charge in [0.25, 0.3) is 0 Å². The van der Waals surface area contributed by atoms with Crippen LogP contribution in [0.2, 0.25) is 0 Å². The van der Waals surface area contributed by atoms with Gasteiger partial charge in [-0.3, -0.25) is 0 Å². The molecule has 7 heteroatoms. The lowest BCUT2D eigenvalue weighted by atomic mass is 9.90. The molecule has 3 aromatic rings. The molecular formula is C19H24N6O. The highest BCUT2D eigenvalue weighted by molar-refractivity contribution is 5.78. The Morgan fingerprint density at radius 1 is 1.15 bits per heavy atom. The van der Waals surface area contributed by atoms with E-state index in [1.54, 1.807) is 6.33 Å². The Hall–Kier alpha value is -2.67. The van der Waals surface area contributed by atoms with Crippen molar-refractivity contribution < 1.29 is 4.74 Å². The van der Waals surface area contributed by atoms with Crippen molar-refractivity contribution in [3.05, 3.63) is 36.7 Å². The quantitative estimate of drug-likeness (QED) is 0.560. The third-order valence-corrected chi connectivity index (χ3v) is 4.95. The number of hydrogen-bond donors (Lipinski definition) is 1. The van der Waals surface area contributed by atoms with Crippen LogP contribution in [0.5, 0.6) is 5.88 Å². The summed E-state index contributed by atoms with van der Waals surface area (Å²) < 4.78 is 7.94. The number of nitrogens with two attached hydrogens (primary N) is 1. The van der Waals surface area contributed by atoms with Crippen LogP contribution in [0, 0.1) is 5.92 Å². The first-order valence-electron chi connectivity index (χ1n) is 9.14. The third-order valence-electron chi connectivity index (χ3n) is 4.95. The van der Waals surface area contributed by atoms with Crippen LogP contribution in [0.25, 0.3) is 11.2 Å². The van der Waals surface area contributed by atoms with Crippen LogP contribution in [0.15, 0.2) is 36.7 Å². The number of fused-ring (bicyclic) bond motifs is 1. The summed E-state index contributed by atoms with van der Waals surface area (Å²) in [7, 11) is 1.90. The maximum atomic E-state index is 6.26. The normalized spacial score (nSPS) is 15.3. The first-order chi connectivity index (χ1) is 12.7. The third kappa shape index (κ3) is 3.35. The average Bonchev–Trinajstić information content (AvgIpc) is 3.08. The topological polar surface area (TPSA) is 82.1 Å². The van der Waals surface area contributed by atoms with Crippen molar-refractivity contribution >= 4 is 22.8 Å². The fourth-order valence-corrected chi connectivity index (χ4v) is 3.43. The van der Waals surface area contributed by atoms with Crippen molar-refractivity contribution in [3.8, 4) is 5.88 Å². The van der Waals surface area contributed by atoms with Crippen LogP contribution in [-0.4, -0.2) is 26.1 Å². The molecule has 0 atom stereocenters. The molecule has 2 N–H and O–H groups in total. The first-order valence-corrected chi connectivity index (χ1v) is 9.14. The average molecular weight is 352 g/mol. The molecule has 2 aromatic heterocycles. The van der Waals surface area contributed by atoms with E-state index in [2.05, 4.69) is 15.0 Å². The molecule has 1 aliphatic rings. The smallest absolute Gasteiger partial charge is 0.250 e. The molecule has 2 heterocycles. The molecule has 4 rings (SSSR count). The van der Waals surface area contributed by atoms with Gasteiger partial charge < -0.3 is 9.30 Å². The second-order valence-electron chi connectivity index (χ2n) is 6.88. The number of aromatic nitrogens is 4. The monoisotopic (exact) mass is 352 g/mol. The number of aryl methyl sites for hydroxylation is 1. The summed E-state index contributed by atoms with van der Waals surface area (Å²) in [6.07, 6.45) is 8.06. The second kappa shape index (κ2) is 7.29. The zero-order valence-electron chi connectivity index (χ0n) is 15.0. The first kappa shape index (κ1) is 16.8. The molecule has 1 saturated carbocycles. The van der Waals surface area contributed by atoms with Gasteiger partial charge >= 0.3 is 0 Å². The lowest BCUT2D eigenvalue weighted by molar-refractivity contribution is 0.204. The van der Waals surface area contributed by atoms with Crippen LogP contribution in [0.1, 0.15) is 32.1 Å². The van der Waals surface area contributed by atoms with E-state index in [9.17, 15) is 0 Å². The van der Waals surface area contributed by atoms with E-state index in [0.29, 0.717) is 35.5 Å². The molecule has 1 fully saturated rings. The number of hydrazine groups is 1. The highest BCUT2D eigenvalue weighted by Gasteiger charge is 2.19. The summed E-state index contributed by atoms with van der Waals surface area (Å²) in [6.45, 7) is 0.665. The fourth-order valence-electron chi connectivity index (χ4n) is 3.43. The van der Waals surface area contributed by atoms with E-state index < -0.39 is 0 Å². The Labute approximate surface area is 152 Å². The van der Waals surface area contributed by atoms with Crippen molar-refractivity contribution in [1.82, 2.24) is 19.5 Å². The van der Waals surface area contributed by atoms with Gasteiger partial charge in [0.05, 0.1) is 18.6 Å². The van der Waals surface area contributed by atoms with Gasteiger partial charge in [-0.25, -0.2) is 15.8 Å². The Bertz CT molecular complexity index is 872. The van der Waals surface area contributed by atoms with Crippen molar-refractivity contribution in [2.24, 2.45) is 18.8 Å². The summed E-state index contributed by atoms with van der Waals surface area (Å²) in [5.41, 5.74) is 2.20. The van der Waals surface area contributed by atoms with Gasteiger partial charge in [0.1, 0.15) is 0 Å². The van der Waals surface area contributed by atoms with E-state index in [1.165, 1.54) is 37.1 Å². The SMILES string of the molecule is Cn1cnc2c(OCC3CCCCC3)nc(N(N)c3ccccc3)nc21. The Kier molecular flexibility index (Phi) is 4.71. The van der Waals surface area contributed by atoms with Gasteiger partial charge in [-0.05, 0) is 30.9 Å². The van der Waals surface area contributed by atoms with Gasteiger partial charge in [0.15, 0.2) is 11.2 Å².